The van der Waals surface area contributed by atoms with Crippen molar-refractivity contribution in [3.05, 3.63) is 53.6 Å². The van der Waals surface area contributed by atoms with E-state index in [1.165, 1.54) is 0 Å². The van der Waals surface area contributed by atoms with Crippen LogP contribution in [0.2, 0.25) is 5.04 Å². The molecule has 0 atom stereocenters. The van der Waals surface area contributed by atoms with Gasteiger partial charge >= 0.3 is 21.8 Å². The number of ether oxygens (including phenoxy) is 2. The summed E-state index contributed by atoms with van der Waals surface area (Å²) in [6, 6.07) is 13.8. The number of carbonyl (C=O) groups excluding carboxylic acids is 2. The van der Waals surface area contributed by atoms with Crippen LogP contribution in [0.1, 0.15) is 92.2 Å². The molecular weight excluding hydrogens is 482 g/mol. The molecule has 0 fully saturated rings. The second-order valence-corrected chi connectivity index (χ2v) is 13.0. The third-order valence-corrected chi connectivity index (χ3v) is 7.50. The SMILES string of the molecule is CCCCCC(=O)Oc1cc(Cc2ccccc2)cc(O[Si]C(C)(C)C(C)C)c1NC(=O)OC(C)(C)C. The summed E-state index contributed by atoms with van der Waals surface area (Å²) >= 11 is 0. The quantitative estimate of drug-likeness (QED) is 0.132. The zero-order valence-corrected chi connectivity index (χ0v) is 24.7. The maximum Gasteiger partial charge on any atom is 0.412 e. The summed E-state index contributed by atoms with van der Waals surface area (Å²) in [5.74, 6) is 0.774. The van der Waals surface area contributed by atoms with Crippen molar-refractivity contribution in [3.63, 3.8) is 0 Å². The molecule has 6 nitrogen and oxygen atoms in total. The van der Waals surface area contributed by atoms with Crippen molar-refractivity contribution in [3.8, 4) is 11.5 Å². The number of unbranched alkanes of at least 4 members (excludes halogenated alkanes) is 2. The Balaban J connectivity index is 2.51. The molecule has 2 rings (SSSR count). The number of nitrogens with one attached hydrogen (secondary N) is 1. The lowest BCUT2D eigenvalue weighted by molar-refractivity contribution is -0.134. The van der Waals surface area contributed by atoms with E-state index >= 15 is 0 Å². The normalized spacial score (nSPS) is 11.8. The molecule has 37 heavy (non-hydrogen) atoms. The Labute approximate surface area is 225 Å². The molecule has 2 aromatic rings. The van der Waals surface area contributed by atoms with Crippen LogP contribution in [-0.4, -0.2) is 27.4 Å². The number of hydrogen-bond donors (Lipinski definition) is 1. The van der Waals surface area contributed by atoms with Crippen molar-refractivity contribution in [1.82, 2.24) is 0 Å². The number of hydrogen-bond acceptors (Lipinski definition) is 5. The molecule has 0 bridgehead atoms. The third-order valence-electron chi connectivity index (χ3n) is 6.08. The molecule has 0 spiro atoms. The molecule has 0 saturated carbocycles. The summed E-state index contributed by atoms with van der Waals surface area (Å²) in [6.45, 7) is 16.1. The second kappa shape index (κ2) is 13.7. The average molecular weight is 526 g/mol. The first-order chi connectivity index (χ1) is 17.3. The monoisotopic (exact) mass is 525 g/mol. The minimum atomic E-state index is -0.684. The Bertz CT molecular complexity index is 1030. The molecule has 0 unspecified atom stereocenters. The van der Waals surface area contributed by atoms with Crippen LogP contribution >= 0.6 is 0 Å². The molecule has 2 radical (unpaired) electrons. The van der Waals surface area contributed by atoms with Crippen molar-refractivity contribution in [2.75, 3.05) is 5.32 Å². The molecule has 0 heterocycles. The van der Waals surface area contributed by atoms with Crippen LogP contribution in [0, 0.1) is 5.92 Å². The van der Waals surface area contributed by atoms with Crippen LogP contribution in [0.3, 0.4) is 0 Å². The Morgan fingerprint density at radius 2 is 1.59 bits per heavy atom. The van der Waals surface area contributed by atoms with Crippen LogP contribution in [0.4, 0.5) is 10.5 Å². The van der Waals surface area contributed by atoms with Gasteiger partial charge in [-0.2, -0.15) is 0 Å². The molecule has 2 aromatic carbocycles. The minimum Gasteiger partial charge on any atom is -0.539 e. The van der Waals surface area contributed by atoms with Crippen LogP contribution < -0.4 is 14.5 Å². The first-order valence-corrected chi connectivity index (χ1v) is 14.1. The standard InChI is InChI=1S/C30H43NO5Si/c1-9-10-12-17-26(32)34-24-19-23(18-22-15-13-11-14-16-22)20-25(36-37-30(7,8)21(2)3)27(24)31-28(33)35-29(4,5)6/h11,13-16,19-21H,9-10,12,17-18H2,1-8H3,(H,31,33). The van der Waals surface area contributed by atoms with Crippen molar-refractivity contribution in [2.45, 2.75) is 98.1 Å². The first-order valence-electron chi connectivity index (χ1n) is 13.2. The Morgan fingerprint density at radius 3 is 2.19 bits per heavy atom. The number of benzene rings is 2. The Kier molecular flexibility index (Phi) is 11.2. The molecular formula is C30H43NO5Si. The summed E-state index contributed by atoms with van der Waals surface area (Å²) in [6.07, 6.45) is 3.01. The van der Waals surface area contributed by atoms with E-state index in [1.54, 1.807) is 26.8 Å². The van der Waals surface area contributed by atoms with Crippen LogP contribution in [-0.2, 0) is 16.0 Å². The van der Waals surface area contributed by atoms with Crippen molar-refractivity contribution >= 4 is 27.5 Å². The van der Waals surface area contributed by atoms with E-state index in [0.29, 0.717) is 30.2 Å². The molecule has 7 heteroatoms. The molecule has 1 N–H and O–H groups in total. The minimum absolute atomic E-state index is 0.0877. The van der Waals surface area contributed by atoms with Gasteiger partial charge in [-0.3, -0.25) is 10.1 Å². The predicted octanol–water partition coefficient (Wildman–Crippen LogP) is 7.96. The van der Waals surface area contributed by atoms with Crippen molar-refractivity contribution < 1.29 is 23.5 Å². The van der Waals surface area contributed by atoms with Gasteiger partial charge in [-0.1, -0.05) is 77.8 Å². The third kappa shape index (κ3) is 10.6. The highest BCUT2D eigenvalue weighted by molar-refractivity contribution is 6.33. The van der Waals surface area contributed by atoms with E-state index in [0.717, 1.165) is 30.4 Å². The predicted molar refractivity (Wildman–Crippen MR) is 151 cm³/mol. The Morgan fingerprint density at radius 1 is 0.946 bits per heavy atom. The van der Waals surface area contributed by atoms with E-state index < -0.39 is 11.7 Å². The van der Waals surface area contributed by atoms with Gasteiger partial charge in [0.2, 0.25) is 0 Å². The van der Waals surface area contributed by atoms with Gasteiger partial charge in [0.1, 0.15) is 17.0 Å². The lowest BCUT2D eigenvalue weighted by Gasteiger charge is -2.28. The summed E-state index contributed by atoms with van der Waals surface area (Å²) < 4.78 is 17.7. The summed E-state index contributed by atoms with van der Waals surface area (Å²) in [5.41, 5.74) is 1.66. The van der Waals surface area contributed by atoms with E-state index in [9.17, 15) is 9.59 Å². The van der Waals surface area contributed by atoms with Gasteiger partial charge in [0.05, 0.1) is 0 Å². The molecule has 0 saturated heterocycles. The molecule has 1 amide bonds. The van der Waals surface area contributed by atoms with Gasteiger partial charge in [-0.15, -0.1) is 0 Å². The van der Waals surface area contributed by atoms with Gasteiger partial charge in [-0.25, -0.2) is 4.79 Å². The van der Waals surface area contributed by atoms with Crippen molar-refractivity contribution in [2.24, 2.45) is 5.92 Å². The smallest absolute Gasteiger partial charge is 0.412 e. The lowest BCUT2D eigenvalue weighted by atomic mass is 9.99. The second-order valence-electron chi connectivity index (χ2n) is 11.3. The number of esters is 1. The van der Waals surface area contributed by atoms with Gasteiger partial charge in [0.25, 0.3) is 0 Å². The maximum absolute atomic E-state index is 12.8. The fraction of sp³-hybridized carbons (Fsp3) is 0.533. The summed E-state index contributed by atoms with van der Waals surface area (Å²) in [4.78, 5) is 25.5. The highest BCUT2D eigenvalue weighted by Gasteiger charge is 2.28. The summed E-state index contributed by atoms with van der Waals surface area (Å²) in [7, 11) is 0.124. The molecule has 0 aliphatic heterocycles. The van der Waals surface area contributed by atoms with Crippen molar-refractivity contribution in [1.29, 1.82) is 0 Å². The molecule has 202 valence electrons. The zero-order chi connectivity index (χ0) is 27.6. The summed E-state index contributed by atoms with van der Waals surface area (Å²) in [5, 5.41) is 2.72. The molecule has 0 aliphatic carbocycles. The van der Waals surface area contributed by atoms with E-state index in [1.807, 2.05) is 36.4 Å². The fourth-order valence-electron chi connectivity index (χ4n) is 3.27. The topological polar surface area (TPSA) is 73.9 Å². The first kappa shape index (κ1) is 30.4. The fourth-order valence-corrected chi connectivity index (χ4v) is 4.03. The van der Waals surface area contributed by atoms with Gasteiger partial charge < -0.3 is 13.9 Å². The lowest BCUT2D eigenvalue weighted by Crippen LogP contribution is -2.28. The van der Waals surface area contributed by atoms with Gasteiger partial charge in [-0.05, 0) is 67.8 Å². The van der Waals surface area contributed by atoms with Crippen LogP contribution in [0.15, 0.2) is 42.5 Å². The van der Waals surface area contributed by atoms with E-state index in [4.69, 9.17) is 13.9 Å². The van der Waals surface area contributed by atoms with Crippen LogP contribution in [0.5, 0.6) is 11.5 Å². The zero-order valence-electron chi connectivity index (χ0n) is 23.7. The number of anilines is 1. The number of rotatable bonds is 12. The highest BCUT2D eigenvalue weighted by Crippen LogP contribution is 2.40. The van der Waals surface area contributed by atoms with E-state index in [-0.39, 0.29) is 26.5 Å². The average Bonchev–Trinajstić information content (AvgIpc) is 2.79. The van der Waals surface area contributed by atoms with Crippen LogP contribution in [0.25, 0.3) is 0 Å². The highest BCUT2D eigenvalue weighted by atomic mass is 28.2. The van der Waals surface area contributed by atoms with Gasteiger partial charge in [0, 0.05) is 6.42 Å². The van der Waals surface area contributed by atoms with E-state index in [2.05, 4.69) is 39.9 Å². The Hall–Kier alpha value is -2.80. The molecule has 0 aliphatic rings. The number of amides is 1. The van der Waals surface area contributed by atoms with Gasteiger partial charge in [0.15, 0.2) is 5.75 Å². The maximum atomic E-state index is 12.8. The number of carbonyl (C=O) groups is 2. The molecule has 0 aromatic heterocycles. The largest absolute Gasteiger partial charge is 0.539 e.